The Morgan fingerprint density at radius 2 is 1.68 bits per heavy atom. The summed E-state index contributed by atoms with van der Waals surface area (Å²) < 4.78 is 21.3. The van der Waals surface area contributed by atoms with Gasteiger partial charge < -0.3 is 18.9 Å². The van der Waals surface area contributed by atoms with Crippen LogP contribution in [-0.2, 0) is 10.2 Å². The molecular formula is C14H17NO4. The molecule has 0 aromatic heterocycles. The molecule has 0 N–H and O–H groups in total. The highest BCUT2D eigenvalue weighted by atomic mass is 16.5. The zero-order valence-electron chi connectivity index (χ0n) is 11.4. The van der Waals surface area contributed by atoms with Gasteiger partial charge in [-0.1, -0.05) is 0 Å². The molecular weight excluding hydrogens is 246 g/mol. The molecule has 102 valence electrons. The molecule has 1 aromatic carbocycles. The van der Waals surface area contributed by atoms with Crippen molar-refractivity contribution in [3.8, 4) is 23.3 Å². The van der Waals surface area contributed by atoms with Crippen LogP contribution in [0.3, 0.4) is 0 Å². The highest BCUT2D eigenvalue weighted by molar-refractivity contribution is 5.54. The van der Waals surface area contributed by atoms with E-state index >= 15 is 0 Å². The molecule has 1 aliphatic rings. The van der Waals surface area contributed by atoms with E-state index in [1.807, 2.05) is 6.07 Å². The van der Waals surface area contributed by atoms with Gasteiger partial charge in [0.2, 0.25) is 0 Å². The summed E-state index contributed by atoms with van der Waals surface area (Å²) in [7, 11) is 4.77. The molecule has 5 heteroatoms. The number of nitriles is 1. The topological polar surface area (TPSA) is 60.7 Å². The molecule has 0 saturated carbocycles. The van der Waals surface area contributed by atoms with Crippen molar-refractivity contribution in [1.29, 1.82) is 5.26 Å². The van der Waals surface area contributed by atoms with E-state index in [0.29, 0.717) is 36.9 Å². The van der Waals surface area contributed by atoms with E-state index in [1.165, 1.54) is 0 Å². The second-order valence-corrected chi connectivity index (χ2v) is 4.52. The van der Waals surface area contributed by atoms with Gasteiger partial charge in [0, 0.05) is 18.1 Å². The SMILES string of the molecule is COc1cc(OC)c(C2(CC#N)COC2)cc1OC. The summed E-state index contributed by atoms with van der Waals surface area (Å²) in [6.45, 7) is 1.04. The Bertz CT molecular complexity index is 503. The largest absolute Gasteiger partial charge is 0.496 e. The van der Waals surface area contributed by atoms with Crippen LogP contribution in [0.15, 0.2) is 12.1 Å². The minimum Gasteiger partial charge on any atom is -0.496 e. The Kier molecular flexibility index (Phi) is 3.82. The highest BCUT2D eigenvalue weighted by Gasteiger charge is 2.43. The molecule has 19 heavy (non-hydrogen) atoms. The number of hydrogen-bond donors (Lipinski definition) is 0. The third kappa shape index (κ3) is 2.20. The molecule has 0 aliphatic carbocycles. The highest BCUT2D eigenvalue weighted by Crippen LogP contribution is 2.45. The molecule has 1 aromatic rings. The van der Waals surface area contributed by atoms with Crippen LogP contribution in [0.1, 0.15) is 12.0 Å². The molecule has 1 heterocycles. The first-order valence-corrected chi connectivity index (χ1v) is 5.96. The lowest BCUT2D eigenvalue weighted by molar-refractivity contribution is -0.0587. The predicted octanol–water partition coefficient (Wildman–Crippen LogP) is 1.89. The van der Waals surface area contributed by atoms with Crippen molar-refractivity contribution in [3.63, 3.8) is 0 Å². The van der Waals surface area contributed by atoms with E-state index in [-0.39, 0.29) is 5.41 Å². The Balaban J connectivity index is 2.52. The standard InChI is InChI=1S/C14H17NO4/c1-16-11-7-13(18-3)12(17-2)6-10(11)14(4-5-15)8-19-9-14/h6-7H,4,8-9H2,1-3H3. The lowest BCUT2D eigenvalue weighted by atomic mass is 9.75. The maximum absolute atomic E-state index is 9.02. The maximum atomic E-state index is 9.02. The van der Waals surface area contributed by atoms with Crippen LogP contribution >= 0.6 is 0 Å². The first-order chi connectivity index (χ1) is 9.20. The number of rotatable bonds is 5. The second-order valence-electron chi connectivity index (χ2n) is 4.52. The van der Waals surface area contributed by atoms with Crippen LogP contribution in [0.2, 0.25) is 0 Å². The molecule has 0 spiro atoms. The Labute approximate surface area is 112 Å². The summed E-state index contributed by atoms with van der Waals surface area (Å²) in [5.41, 5.74) is 0.625. The van der Waals surface area contributed by atoms with Gasteiger partial charge in [-0.25, -0.2) is 0 Å². The number of hydrogen-bond acceptors (Lipinski definition) is 5. The van der Waals surface area contributed by atoms with E-state index in [1.54, 1.807) is 27.4 Å². The van der Waals surface area contributed by atoms with Crippen LogP contribution in [0, 0.1) is 11.3 Å². The summed E-state index contributed by atoms with van der Waals surface area (Å²) in [5.74, 6) is 1.93. The van der Waals surface area contributed by atoms with Gasteiger partial charge in [-0.05, 0) is 6.07 Å². The smallest absolute Gasteiger partial charge is 0.164 e. The van der Waals surface area contributed by atoms with E-state index in [0.717, 1.165) is 5.56 Å². The van der Waals surface area contributed by atoms with Gasteiger partial charge in [-0.2, -0.15) is 5.26 Å². The molecule has 0 unspecified atom stereocenters. The van der Waals surface area contributed by atoms with Crippen molar-refractivity contribution in [3.05, 3.63) is 17.7 Å². The van der Waals surface area contributed by atoms with E-state index < -0.39 is 0 Å². The number of benzene rings is 1. The average Bonchev–Trinajstić information content (AvgIpc) is 2.41. The lowest BCUT2D eigenvalue weighted by Crippen LogP contribution is -2.46. The van der Waals surface area contributed by atoms with Gasteiger partial charge >= 0.3 is 0 Å². The third-order valence-electron chi connectivity index (χ3n) is 3.45. The third-order valence-corrected chi connectivity index (χ3v) is 3.45. The van der Waals surface area contributed by atoms with E-state index in [4.69, 9.17) is 24.2 Å². The quantitative estimate of drug-likeness (QED) is 0.812. The molecule has 0 bridgehead atoms. The fourth-order valence-corrected chi connectivity index (χ4v) is 2.30. The van der Waals surface area contributed by atoms with Crippen LogP contribution in [-0.4, -0.2) is 34.5 Å². The Morgan fingerprint density at radius 3 is 2.11 bits per heavy atom. The molecule has 1 fully saturated rings. The molecule has 1 saturated heterocycles. The summed E-state index contributed by atoms with van der Waals surface area (Å²) in [6.07, 6.45) is 0.388. The van der Waals surface area contributed by atoms with Gasteiger partial charge in [-0.15, -0.1) is 0 Å². The van der Waals surface area contributed by atoms with E-state index in [2.05, 4.69) is 6.07 Å². The van der Waals surface area contributed by atoms with Gasteiger partial charge in [0.25, 0.3) is 0 Å². The number of ether oxygens (including phenoxy) is 4. The van der Waals surface area contributed by atoms with Crippen LogP contribution in [0.4, 0.5) is 0 Å². The summed E-state index contributed by atoms with van der Waals surface area (Å²) in [4.78, 5) is 0. The predicted molar refractivity (Wildman–Crippen MR) is 68.8 cm³/mol. The van der Waals surface area contributed by atoms with Crippen LogP contribution in [0.5, 0.6) is 17.2 Å². The Morgan fingerprint density at radius 1 is 1.11 bits per heavy atom. The first-order valence-electron chi connectivity index (χ1n) is 5.96. The summed E-state index contributed by atoms with van der Waals surface area (Å²) in [5, 5.41) is 9.02. The lowest BCUT2D eigenvalue weighted by Gasteiger charge is -2.41. The van der Waals surface area contributed by atoms with Crippen molar-refractivity contribution < 1.29 is 18.9 Å². The second kappa shape index (κ2) is 5.37. The van der Waals surface area contributed by atoms with E-state index in [9.17, 15) is 0 Å². The maximum Gasteiger partial charge on any atom is 0.164 e. The fraction of sp³-hybridized carbons (Fsp3) is 0.500. The molecule has 2 rings (SSSR count). The molecule has 0 atom stereocenters. The summed E-state index contributed by atoms with van der Waals surface area (Å²) in [6, 6.07) is 5.87. The van der Waals surface area contributed by atoms with Crippen molar-refractivity contribution >= 4 is 0 Å². The normalized spacial score (nSPS) is 16.1. The zero-order chi connectivity index (χ0) is 13.9. The van der Waals surface area contributed by atoms with Gasteiger partial charge in [-0.3, -0.25) is 0 Å². The van der Waals surface area contributed by atoms with Crippen molar-refractivity contribution in [2.75, 3.05) is 34.5 Å². The van der Waals surface area contributed by atoms with Gasteiger partial charge in [0.1, 0.15) is 5.75 Å². The molecule has 0 amide bonds. The minimum atomic E-state index is -0.306. The monoisotopic (exact) mass is 263 g/mol. The van der Waals surface area contributed by atoms with Crippen molar-refractivity contribution in [2.45, 2.75) is 11.8 Å². The molecule has 0 radical (unpaired) electrons. The number of nitrogens with zero attached hydrogens (tertiary/aromatic N) is 1. The van der Waals surface area contributed by atoms with Crippen LogP contribution < -0.4 is 14.2 Å². The van der Waals surface area contributed by atoms with Crippen molar-refractivity contribution in [1.82, 2.24) is 0 Å². The first kappa shape index (κ1) is 13.5. The van der Waals surface area contributed by atoms with Crippen molar-refractivity contribution in [2.24, 2.45) is 0 Å². The zero-order valence-corrected chi connectivity index (χ0v) is 11.4. The summed E-state index contributed by atoms with van der Waals surface area (Å²) >= 11 is 0. The molecule has 5 nitrogen and oxygen atoms in total. The van der Waals surface area contributed by atoms with Gasteiger partial charge in [0.05, 0.1) is 46.0 Å². The fourth-order valence-electron chi connectivity index (χ4n) is 2.30. The number of methoxy groups -OCH3 is 3. The molecule has 1 aliphatic heterocycles. The van der Waals surface area contributed by atoms with Gasteiger partial charge in [0.15, 0.2) is 11.5 Å². The van der Waals surface area contributed by atoms with Crippen LogP contribution in [0.25, 0.3) is 0 Å². The minimum absolute atomic E-state index is 0.306. The average molecular weight is 263 g/mol. The Hall–Kier alpha value is -1.93.